The lowest BCUT2D eigenvalue weighted by molar-refractivity contribution is 0.102. The fourth-order valence-corrected chi connectivity index (χ4v) is 4.61. The lowest BCUT2D eigenvalue weighted by Gasteiger charge is -2.16. The van der Waals surface area contributed by atoms with Crippen LogP contribution in [0.5, 0.6) is 0 Å². The molecule has 2 N–H and O–H groups in total. The Balaban J connectivity index is 1.71. The molecule has 0 heterocycles. The fourth-order valence-electron chi connectivity index (χ4n) is 2.98. The Bertz CT molecular complexity index is 1380. The van der Waals surface area contributed by atoms with Crippen LogP contribution in [-0.4, -0.2) is 36.0 Å². The molecule has 33 heavy (non-hydrogen) atoms. The van der Waals surface area contributed by atoms with E-state index >= 15 is 0 Å². The van der Waals surface area contributed by atoms with E-state index in [1.54, 1.807) is 6.07 Å². The van der Waals surface area contributed by atoms with E-state index in [-0.39, 0.29) is 4.90 Å². The van der Waals surface area contributed by atoms with Crippen molar-refractivity contribution in [2.45, 2.75) is 18.7 Å². The second-order valence-corrected chi connectivity index (χ2v) is 11.4. The van der Waals surface area contributed by atoms with E-state index in [2.05, 4.69) is 10.0 Å². The maximum absolute atomic E-state index is 12.7. The van der Waals surface area contributed by atoms with E-state index in [1.165, 1.54) is 55.6 Å². The first kappa shape index (κ1) is 24.3. The van der Waals surface area contributed by atoms with Crippen molar-refractivity contribution in [1.82, 2.24) is 0 Å². The zero-order valence-corrected chi connectivity index (χ0v) is 20.3. The summed E-state index contributed by atoms with van der Waals surface area (Å²) in [7, 11) is -5.77. The summed E-state index contributed by atoms with van der Waals surface area (Å²) in [6, 6.07) is 17.4. The van der Waals surface area contributed by atoms with E-state index in [0.29, 0.717) is 22.6 Å². The van der Waals surface area contributed by atoms with Crippen molar-refractivity contribution in [3.8, 4) is 0 Å². The van der Waals surface area contributed by atoms with E-state index in [1.807, 2.05) is 26.0 Å². The molecule has 10 heteroatoms. The van der Waals surface area contributed by atoms with Crippen molar-refractivity contribution in [2.24, 2.45) is 0 Å². The highest BCUT2D eigenvalue weighted by atomic mass is 32.2. The van der Waals surface area contributed by atoms with Crippen molar-refractivity contribution >= 4 is 43.0 Å². The molecule has 8 nitrogen and oxygen atoms in total. The number of amides is 1. The number of carbonyl (C=O) groups is 1. The molecule has 3 rings (SSSR count). The predicted octanol–water partition coefficient (Wildman–Crippen LogP) is 3.75. The van der Waals surface area contributed by atoms with Gasteiger partial charge in [0.05, 0.1) is 22.5 Å². The zero-order valence-electron chi connectivity index (χ0n) is 18.7. The number of aryl methyl sites for hydroxylation is 2. The summed E-state index contributed by atoms with van der Waals surface area (Å²) in [5.74, 6) is -0.410. The number of nitrogens with zero attached hydrogens (tertiary/aromatic N) is 1. The smallest absolute Gasteiger partial charge is 0.261 e. The SMILES string of the molecule is Cc1ccc(C)c(NS(=O)(=O)c2ccc(NC(=O)c3ccc(N(C)S(C)(=O)=O)cc3)cc2)c1. The van der Waals surface area contributed by atoms with Crippen molar-refractivity contribution < 1.29 is 21.6 Å². The molecule has 0 aliphatic carbocycles. The van der Waals surface area contributed by atoms with Gasteiger partial charge in [-0.05, 0) is 79.6 Å². The third-order valence-electron chi connectivity index (χ3n) is 5.05. The standard InChI is InChI=1S/C23H25N3O5S2/c1-16-5-6-17(2)22(15-16)25-33(30,31)21-13-9-19(10-14-21)24-23(27)18-7-11-20(12-8-18)26(3)32(4,28)29/h5-15,25H,1-4H3,(H,24,27). The van der Waals surface area contributed by atoms with E-state index in [4.69, 9.17) is 0 Å². The van der Waals surface area contributed by atoms with Gasteiger partial charge in [0.1, 0.15) is 0 Å². The molecule has 0 fully saturated rings. The Hall–Kier alpha value is -3.37. The van der Waals surface area contributed by atoms with Crippen LogP contribution in [0.25, 0.3) is 0 Å². The summed E-state index contributed by atoms with van der Waals surface area (Å²) in [4.78, 5) is 12.6. The minimum absolute atomic E-state index is 0.0644. The van der Waals surface area contributed by atoms with Crippen LogP contribution in [0.15, 0.2) is 71.6 Å². The molecule has 0 saturated heterocycles. The number of hydrogen-bond donors (Lipinski definition) is 2. The second kappa shape index (κ2) is 9.24. The van der Waals surface area contributed by atoms with Gasteiger partial charge in [-0.15, -0.1) is 0 Å². The van der Waals surface area contributed by atoms with Gasteiger partial charge < -0.3 is 5.32 Å². The Morgan fingerprint density at radius 1 is 0.848 bits per heavy atom. The molecule has 0 atom stereocenters. The predicted molar refractivity (Wildman–Crippen MR) is 131 cm³/mol. The van der Waals surface area contributed by atoms with Crippen LogP contribution in [0.3, 0.4) is 0 Å². The molecular weight excluding hydrogens is 462 g/mol. The van der Waals surface area contributed by atoms with E-state index in [0.717, 1.165) is 21.7 Å². The third kappa shape index (κ3) is 5.91. The highest BCUT2D eigenvalue weighted by Gasteiger charge is 2.16. The van der Waals surface area contributed by atoms with Crippen molar-refractivity contribution in [1.29, 1.82) is 0 Å². The number of carbonyl (C=O) groups excluding carboxylic acids is 1. The largest absolute Gasteiger partial charge is 0.322 e. The normalized spacial score (nSPS) is 11.6. The zero-order chi connectivity index (χ0) is 24.4. The Labute approximate surface area is 194 Å². The van der Waals surface area contributed by atoms with Crippen molar-refractivity contribution in [3.05, 3.63) is 83.4 Å². The number of benzene rings is 3. The van der Waals surface area contributed by atoms with Crippen LogP contribution in [0.4, 0.5) is 17.1 Å². The van der Waals surface area contributed by atoms with Gasteiger partial charge in [-0.2, -0.15) is 0 Å². The molecule has 0 saturated carbocycles. The van der Waals surface area contributed by atoms with E-state index in [9.17, 15) is 21.6 Å². The number of rotatable bonds is 7. The number of hydrogen-bond acceptors (Lipinski definition) is 5. The summed E-state index contributed by atoms with van der Waals surface area (Å²) in [5, 5.41) is 2.70. The van der Waals surface area contributed by atoms with Crippen LogP contribution in [0, 0.1) is 13.8 Å². The fraction of sp³-hybridized carbons (Fsp3) is 0.174. The number of nitrogens with one attached hydrogen (secondary N) is 2. The lowest BCUT2D eigenvalue weighted by atomic mass is 10.1. The average Bonchev–Trinajstić information content (AvgIpc) is 2.75. The Morgan fingerprint density at radius 2 is 1.45 bits per heavy atom. The monoisotopic (exact) mass is 487 g/mol. The summed E-state index contributed by atoms with van der Waals surface area (Å²) >= 11 is 0. The first-order chi connectivity index (χ1) is 15.4. The minimum Gasteiger partial charge on any atom is -0.322 e. The summed E-state index contributed by atoms with van der Waals surface area (Å²) in [6.07, 6.45) is 1.09. The lowest BCUT2D eigenvalue weighted by Crippen LogP contribution is -2.24. The first-order valence-electron chi connectivity index (χ1n) is 9.92. The summed E-state index contributed by atoms with van der Waals surface area (Å²) in [6.45, 7) is 3.70. The minimum atomic E-state index is -3.79. The molecule has 0 spiro atoms. The molecule has 0 aliphatic heterocycles. The van der Waals surface area contributed by atoms with Crippen LogP contribution in [0.2, 0.25) is 0 Å². The van der Waals surface area contributed by atoms with Gasteiger partial charge in [-0.3, -0.25) is 13.8 Å². The maximum atomic E-state index is 12.7. The molecule has 3 aromatic carbocycles. The molecule has 0 unspecified atom stereocenters. The Kier molecular flexibility index (Phi) is 6.80. The Morgan fingerprint density at radius 3 is 2.03 bits per heavy atom. The molecule has 0 aliphatic rings. The van der Waals surface area contributed by atoms with Crippen LogP contribution in [-0.2, 0) is 20.0 Å². The van der Waals surface area contributed by atoms with Gasteiger partial charge in [0.15, 0.2) is 0 Å². The molecule has 0 bridgehead atoms. The summed E-state index contributed by atoms with van der Waals surface area (Å²) in [5.41, 5.74) is 3.43. The molecular formula is C23H25N3O5S2. The van der Waals surface area contributed by atoms with Gasteiger partial charge in [0.2, 0.25) is 10.0 Å². The molecule has 174 valence electrons. The van der Waals surface area contributed by atoms with E-state index < -0.39 is 26.0 Å². The van der Waals surface area contributed by atoms with Gasteiger partial charge in [0.25, 0.3) is 15.9 Å². The van der Waals surface area contributed by atoms with Gasteiger partial charge in [0, 0.05) is 18.3 Å². The second-order valence-electron chi connectivity index (χ2n) is 7.68. The molecule has 3 aromatic rings. The van der Waals surface area contributed by atoms with Crippen LogP contribution in [0.1, 0.15) is 21.5 Å². The van der Waals surface area contributed by atoms with Crippen LogP contribution >= 0.6 is 0 Å². The van der Waals surface area contributed by atoms with Crippen molar-refractivity contribution in [3.63, 3.8) is 0 Å². The average molecular weight is 488 g/mol. The number of anilines is 3. The molecule has 0 aromatic heterocycles. The highest BCUT2D eigenvalue weighted by molar-refractivity contribution is 7.92. The molecule has 1 amide bonds. The van der Waals surface area contributed by atoms with Crippen molar-refractivity contribution in [2.75, 3.05) is 27.6 Å². The molecule has 0 radical (unpaired) electrons. The van der Waals surface area contributed by atoms with Gasteiger partial charge in [-0.1, -0.05) is 12.1 Å². The summed E-state index contributed by atoms with van der Waals surface area (Å²) < 4.78 is 52.4. The highest BCUT2D eigenvalue weighted by Crippen LogP contribution is 2.23. The maximum Gasteiger partial charge on any atom is 0.261 e. The van der Waals surface area contributed by atoms with Crippen LogP contribution < -0.4 is 14.3 Å². The third-order valence-corrected chi connectivity index (χ3v) is 7.64. The van der Waals surface area contributed by atoms with Gasteiger partial charge in [-0.25, -0.2) is 16.8 Å². The number of sulfonamides is 2. The quantitative estimate of drug-likeness (QED) is 0.527. The first-order valence-corrected chi connectivity index (χ1v) is 13.3. The van der Waals surface area contributed by atoms with Gasteiger partial charge >= 0.3 is 0 Å². The topological polar surface area (TPSA) is 113 Å².